The lowest BCUT2D eigenvalue weighted by atomic mass is 10.2. The third-order valence-corrected chi connectivity index (χ3v) is 7.48. The van der Waals surface area contributed by atoms with Gasteiger partial charge in [0.05, 0.1) is 27.3 Å². The third kappa shape index (κ3) is 7.27. The molecule has 0 atom stereocenters. The maximum atomic E-state index is 14.4. The Bertz CT molecular complexity index is 2050. The molecule has 0 fully saturated rings. The number of rotatable bonds is 10. The Labute approximate surface area is 250 Å². The molecule has 0 radical (unpaired) electrons. The molecule has 4 rings (SSSR count). The minimum Gasteiger partial charge on any atom is -0.349 e. The largest absolute Gasteiger partial charge is 0.349 e. The van der Waals surface area contributed by atoms with E-state index in [1.807, 2.05) is 6.92 Å². The Hall–Kier alpha value is -5.09. The second kappa shape index (κ2) is 11.9. The lowest BCUT2D eigenvalue weighted by Crippen LogP contribution is -2.11. The van der Waals surface area contributed by atoms with Gasteiger partial charge in [0, 0.05) is 11.8 Å². The smallest absolute Gasteiger partial charge is 0.311 e. The minimum absolute atomic E-state index is 0.144. The maximum absolute atomic E-state index is 14.4. The Morgan fingerprint density at radius 1 is 0.750 bits per heavy atom. The van der Waals surface area contributed by atoms with Gasteiger partial charge < -0.3 is 16.0 Å². The number of anilines is 6. The molecular formula is C22H16ClFN8O10S2. The monoisotopic (exact) mass is 670 g/mol. The van der Waals surface area contributed by atoms with Gasteiger partial charge in [-0.3, -0.25) is 29.3 Å². The van der Waals surface area contributed by atoms with Crippen LogP contribution in [0.2, 0.25) is 5.28 Å². The normalized spacial score (nSPS) is 11.6. The molecule has 5 N–H and O–H groups in total. The summed E-state index contributed by atoms with van der Waals surface area (Å²) in [5.74, 6) is -2.16. The molecule has 0 bridgehead atoms. The fraction of sp³-hybridized carbons (Fsp3) is 0.0455. The van der Waals surface area contributed by atoms with E-state index >= 15 is 0 Å². The quantitative estimate of drug-likeness (QED) is 0.0881. The first-order chi connectivity index (χ1) is 20.4. The van der Waals surface area contributed by atoms with Crippen LogP contribution in [0.25, 0.3) is 0 Å². The fourth-order valence-corrected chi connectivity index (χ4v) is 5.16. The van der Waals surface area contributed by atoms with Crippen molar-refractivity contribution in [1.82, 2.24) is 15.0 Å². The topological polar surface area (TPSA) is 270 Å². The molecular weight excluding hydrogens is 655 g/mol. The zero-order chi connectivity index (χ0) is 32.6. The van der Waals surface area contributed by atoms with E-state index < -0.39 is 85.4 Å². The van der Waals surface area contributed by atoms with E-state index in [-0.39, 0.29) is 18.1 Å². The first kappa shape index (κ1) is 31.8. The summed E-state index contributed by atoms with van der Waals surface area (Å²) in [4.78, 5) is 29.6. The molecule has 230 valence electrons. The average Bonchev–Trinajstić information content (AvgIpc) is 2.88. The Kier molecular flexibility index (Phi) is 8.60. The highest BCUT2D eigenvalue weighted by Crippen LogP contribution is 2.39. The number of benzene rings is 3. The van der Waals surface area contributed by atoms with E-state index in [9.17, 15) is 50.6 Å². The molecule has 0 saturated carbocycles. The molecule has 0 aliphatic carbocycles. The number of nitro benzene ring substituents is 2. The second-order valence-corrected chi connectivity index (χ2v) is 11.7. The van der Waals surface area contributed by atoms with E-state index in [1.165, 1.54) is 0 Å². The molecule has 4 aromatic rings. The van der Waals surface area contributed by atoms with Crippen LogP contribution in [0.15, 0.2) is 58.3 Å². The van der Waals surface area contributed by atoms with Crippen LogP contribution in [0.1, 0.15) is 5.56 Å². The predicted molar refractivity (Wildman–Crippen MR) is 152 cm³/mol. The van der Waals surface area contributed by atoms with Crippen LogP contribution < -0.4 is 16.0 Å². The molecule has 0 amide bonds. The number of halogens is 2. The summed E-state index contributed by atoms with van der Waals surface area (Å²) >= 11 is 5.98. The van der Waals surface area contributed by atoms with Gasteiger partial charge in [0.1, 0.15) is 15.5 Å². The SMILES string of the molecule is Cc1ccc(Nc2nc(Cl)nc(Nc3cc(Nc4cc(F)c([N+](=O)[O-])cc4[N+](=O)[O-])c(S(=O)(=O)O)cc3S(=O)(=O)O)n2)cc1. The van der Waals surface area contributed by atoms with Gasteiger partial charge in [0.25, 0.3) is 25.9 Å². The number of hydrogen-bond acceptors (Lipinski definition) is 14. The number of nitro groups is 2. The maximum Gasteiger partial charge on any atom is 0.311 e. The van der Waals surface area contributed by atoms with Crippen LogP contribution in [0, 0.1) is 33.0 Å². The van der Waals surface area contributed by atoms with Crippen molar-refractivity contribution in [1.29, 1.82) is 0 Å². The van der Waals surface area contributed by atoms with Crippen molar-refractivity contribution in [3.63, 3.8) is 0 Å². The lowest BCUT2D eigenvalue weighted by molar-refractivity contribution is -0.395. The minimum atomic E-state index is -5.35. The fourth-order valence-electron chi connectivity index (χ4n) is 3.62. The van der Waals surface area contributed by atoms with Gasteiger partial charge in [0.15, 0.2) is 0 Å². The third-order valence-electron chi connectivity index (χ3n) is 5.53. The highest BCUT2D eigenvalue weighted by atomic mass is 35.5. The van der Waals surface area contributed by atoms with Crippen molar-refractivity contribution in [3.8, 4) is 0 Å². The molecule has 44 heavy (non-hydrogen) atoms. The summed E-state index contributed by atoms with van der Waals surface area (Å²) in [5.41, 5.74) is -3.21. The van der Waals surface area contributed by atoms with Gasteiger partial charge in [-0.1, -0.05) is 17.7 Å². The molecule has 18 nitrogen and oxygen atoms in total. The zero-order valence-electron chi connectivity index (χ0n) is 21.6. The van der Waals surface area contributed by atoms with Crippen molar-refractivity contribution in [3.05, 3.63) is 85.4 Å². The highest BCUT2D eigenvalue weighted by Gasteiger charge is 2.29. The second-order valence-electron chi connectivity index (χ2n) is 8.62. The summed E-state index contributed by atoms with van der Waals surface area (Å²) in [6, 6.07) is 8.39. The number of nitrogens with one attached hydrogen (secondary N) is 3. The summed E-state index contributed by atoms with van der Waals surface area (Å²) in [6.45, 7) is 1.85. The van der Waals surface area contributed by atoms with Crippen molar-refractivity contribution in [2.24, 2.45) is 0 Å². The van der Waals surface area contributed by atoms with Gasteiger partial charge in [-0.05, 0) is 42.8 Å². The number of nitrogens with zero attached hydrogens (tertiary/aromatic N) is 5. The number of aromatic nitrogens is 3. The van der Waals surface area contributed by atoms with E-state index in [0.29, 0.717) is 17.8 Å². The van der Waals surface area contributed by atoms with Gasteiger partial charge in [-0.15, -0.1) is 0 Å². The molecule has 1 aromatic heterocycles. The van der Waals surface area contributed by atoms with Crippen LogP contribution in [-0.4, -0.2) is 50.7 Å². The molecule has 0 saturated heterocycles. The van der Waals surface area contributed by atoms with Crippen LogP contribution in [0.3, 0.4) is 0 Å². The van der Waals surface area contributed by atoms with Gasteiger partial charge >= 0.3 is 5.69 Å². The van der Waals surface area contributed by atoms with Crippen molar-refractivity contribution in [2.45, 2.75) is 16.7 Å². The van der Waals surface area contributed by atoms with Gasteiger partial charge in [-0.25, -0.2) is 0 Å². The molecule has 0 aliphatic rings. The Morgan fingerprint density at radius 2 is 1.27 bits per heavy atom. The summed E-state index contributed by atoms with van der Waals surface area (Å²) in [5, 5.41) is 29.6. The van der Waals surface area contributed by atoms with E-state index in [4.69, 9.17) is 11.6 Å². The van der Waals surface area contributed by atoms with E-state index in [2.05, 4.69) is 30.9 Å². The predicted octanol–water partition coefficient (Wildman–Crippen LogP) is 4.51. The van der Waals surface area contributed by atoms with Crippen molar-refractivity contribution >= 4 is 77.9 Å². The lowest BCUT2D eigenvalue weighted by Gasteiger charge is -2.16. The van der Waals surface area contributed by atoms with E-state index in [0.717, 1.165) is 5.56 Å². The Morgan fingerprint density at radius 3 is 1.80 bits per heavy atom. The average molecular weight is 671 g/mol. The van der Waals surface area contributed by atoms with Crippen LogP contribution in [0.4, 0.5) is 50.4 Å². The van der Waals surface area contributed by atoms with E-state index in [1.54, 1.807) is 24.3 Å². The molecule has 0 spiro atoms. The first-order valence-electron chi connectivity index (χ1n) is 11.5. The molecule has 3 aromatic carbocycles. The molecule has 22 heteroatoms. The summed E-state index contributed by atoms with van der Waals surface area (Å²) < 4.78 is 82.7. The zero-order valence-corrected chi connectivity index (χ0v) is 24.0. The van der Waals surface area contributed by atoms with Gasteiger partial charge in [-0.2, -0.15) is 36.2 Å². The molecule has 1 heterocycles. The van der Waals surface area contributed by atoms with Gasteiger partial charge in [0.2, 0.25) is 23.0 Å². The highest BCUT2D eigenvalue weighted by molar-refractivity contribution is 7.86. The Balaban J connectivity index is 1.87. The van der Waals surface area contributed by atoms with Crippen LogP contribution in [-0.2, 0) is 20.2 Å². The van der Waals surface area contributed by atoms with Crippen LogP contribution >= 0.6 is 11.6 Å². The summed E-state index contributed by atoms with van der Waals surface area (Å²) in [7, 11) is -10.6. The number of aryl methyl sites for hydroxylation is 1. The number of hydrogen-bond donors (Lipinski definition) is 5. The standard InChI is InChI=1S/C22H16ClFN8O10S2/c1-10-2-4-11(5-3-10)25-21-28-20(23)29-22(30-21)27-15-7-14(18(43(37,38)39)9-19(15)44(40,41)42)26-13-6-12(24)16(31(33)34)8-17(13)32(35)36/h2-9,26H,1H3,(H,37,38,39)(H,40,41,42)(H2,25,27,28,29,30). The van der Waals surface area contributed by atoms with Crippen LogP contribution in [0.5, 0.6) is 0 Å². The molecule has 0 unspecified atom stereocenters. The van der Waals surface area contributed by atoms with Crippen molar-refractivity contribution < 1.29 is 40.2 Å². The van der Waals surface area contributed by atoms with Crippen molar-refractivity contribution in [2.75, 3.05) is 16.0 Å². The molecule has 0 aliphatic heterocycles. The first-order valence-corrected chi connectivity index (χ1v) is 14.7. The summed E-state index contributed by atoms with van der Waals surface area (Å²) in [6.07, 6.45) is 0.